The fourth-order valence-corrected chi connectivity index (χ4v) is 2.08. The van der Waals surface area contributed by atoms with Crippen molar-refractivity contribution in [1.29, 1.82) is 0 Å². The molecule has 0 unspecified atom stereocenters. The third-order valence-corrected chi connectivity index (χ3v) is 3.19. The Hall–Kier alpha value is -2.69. The van der Waals surface area contributed by atoms with Gasteiger partial charge in [-0.3, -0.25) is 0 Å². The smallest absolute Gasteiger partial charge is 0.163 e. The van der Waals surface area contributed by atoms with Crippen LogP contribution in [0.25, 0.3) is 22.4 Å². The fraction of sp³-hybridized carbons (Fsp3) is 0.188. The lowest BCUT2D eigenvalue weighted by atomic mass is 10.2. The molecule has 5 nitrogen and oxygen atoms in total. The van der Waals surface area contributed by atoms with Crippen LogP contribution in [0.2, 0.25) is 0 Å². The molecule has 0 fully saturated rings. The summed E-state index contributed by atoms with van der Waals surface area (Å²) in [5.74, 6) is 1.99. The van der Waals surface area contributed by atoms with E-state index in [0.29, 0.717) is 23.0 Å². The Morgan fingerprint density at radius 1 is 0.905 bits per heavy atom. The number of hydrogen-bond acceptors (Lipinski definition) is 5. The van der Waals surface area contributed by atoms with Crippen molar-refractivity contribution >= 4 is 11.0 Å². The van der Waals surface area contributed by atoms with Crippen LogP contribution in [0.1, 0.15) is 5.69 Å². The van der Waals surface area contributed by atoms with Crippen molar-refractivity contribution < 1.29 is 9.47 Å². The summed E-state index contributed by atoms with van der Waals surface area (Å²) in [6, 6.07) is 9.47. The summed E-state index contributed by atoms with van der Waals surface area (Å²) in [7, 11) is 3.23. The van der Waals surface area contributed by atoms with Gasteiger partial charge in [-0.05, 0) is 31.2 Å². The number of methoxy groups -OCH3 is 2. The molecule has 0 N–H and O–H groups in total. The summed E-state index contributed by atoms with van der Waals surface area (Å²) in [5, 5.41) is 0.916. The van der Waals surface area contributed by atoms with E-state index in [4.69, 9.17) is 9.47 Å². The quantitative estimate of drug-likeness (QED) is 0.738. The molecule has 3 rings (SSSR count). The predicted molar refractivity (Wildman–Crippen MR) is 80.6 cm³/mol. The number of pyridine rings is 1. The standard InChI is InChI=1S/C16H15N3O2/c1-10-4-5-11-9-17-15(19-16(11)18-10)12-6-13(20-2)8-14(7-12)21-3/h4-9H,1-3H3. The van der Waals surface area contributed by atoms with Crippen LogP contribution < -0.4 is 9.47 Å². The molecular formula is C16H15N3O2. The third kappa shape index (κ3) is 2.63. The van der Waals surface area contributed by atoms with Gasteiger partial charge in [-0.1, -0.05) is 0 Å². The van der Waals surface area contributed by atoms with E-state index in [2.05, 4.69) is 15.0 Å². The third-order valence-electron chi connectivity index (χ3n) is 3.19. The minimum atomic E-state index is 0.595. The summed E-state index contributed by atoms with van der Waals surface area (Å²) in [6.07, 6.45) is 1.77. The number of nitrogens with zero attached hydrogens (tertiary/aromatic N) is 3. The molecule has 0 spiro atoms. The molecule has 2 heterocycles. The van der Waals surface area contributed by atoms with Crippen LogP contribution in [0.5, 0.6) is 11.5 Å². The zero-order valence-electron chi connectivity index (χ0n) is 12.1. The second-order valence-electron chi connectivity index (χ2n) is 4.66. The van der Waals surface area contributed by atoms with Crippen molar-refractivity contribution in [3.63, 3.8) is 0 Å². The molecule has 2 aromatic heterocycles. The molecule has 106 valence electrons. The largest absolute Gasteiger partial charge is 0.497 e. The number of aryl methyl sites for hydroxylation is 1. The van der Waals surface area contributed by atoms with E-state index < -0.39 is 0 Å². The highest BCUT2D eigenvalue weighted by molar-refractivity contribution is 5.76. The highest BCUT2D eigenvalue weighted by Crippen LogP contribution is 2.28. The summed E-state index contributed by atoms with van der Waals surface area (Å²) in [6.45, 7) is 1.94. The molecule has 1 aromatic carbocycles. The van der Waals surface area contributed by atoms with Crippen LogP contribution in [-0.4, -0.2) is 29.2 Å². The molecular weight excluding hydrogens is 266 g/mol. The number of hydrogen-bond donors (Lipinski definition) is 0. The van der Waals surface area contributed by atoms with Crippen LogP contribution in [0.4, 0.5) is 0 Å². The molecule has 0 bridgehead atoms. The van der Waals surface area contributed by atoms with Crippen LogP contribution in [0, 0.1) is 6.92 Å². The Kier molecular flexibility index (Phi) is 3.39. The zero-order chi connectivity index (χ0) is 14.8. The average Bonchev–Trinajstić information content (AvgIpc) is 2.53. The monoisotopic (exact) mass is 281 g/mol. The van der Waals surface area contributed by atoms with Crippen LogP contribution >= 0.6 is 0 Å². The van der Waals surface area contributed by atoms with E-state index in [0.717, 1.165) is 16.6 Å². The minimum absolute atomic E-state index is 0.595. The second kappa shape index (κ2) is 5.36. The lowest BCUT2D eigenvalue weighted by Gasteiger charge is -2.08. The maximum absolute atomic E-state index is 5.27. The first-order chi connectivity index (χ1) is 10.2. The van der Waals surface area contributed by atoms with Gasteiger partial charge in [0.25, 0.3) is 0 Å². The van der Waals surface area contributed by atoms with E-state index in [1.807, 2.05) is 37.3 Å². The number of rotatable bonds is 3. The lowest BCUT2D eigenvalue weighted by Crippen LogP contribution is -1.95. The predicted octanol–water partition coefficient (Wildman–Crippen LogP) is 3.02. The van der Waals surface area contributed by atoms with Gasteiger partial charge in [0.2, 0.25) is 0 Å². The van der Waals surface area contributed by atoms with Crippen LogP contribution in [-0.2, 0) is 0 Å². The molecule has 0 saturated carbocycles. The highest BCUT2D eigenvalue weighted by Gasteiger charge is 2.08. The topological polar surface area (TPSA) is 57.1 Å². The van der Waals surface area contributed by atoms with Crippen molar-refractivity contribution in [2.75, 3.05) is 14.2 Å². The number of ether oxygens (including phenoxy) is 2. The van der Waals surface area contributed by atoms with E-state index in [1.165, 1.54) is 0 Å². The van der Waals surface area contributed by atoms with Crippen molar-refractivity contribution in [1.82, 2.24) is 15.0 Å². The van der Waals surface area contributed by atoms with Crippen molar-refractivity contribution in [2.45, 2.75) is 6.92 Å². The molecule has 0 amide bonds. The van der Waals surface area contributed by atoms with Gasteiger partial charge in [-0.15, -0.1) is 0 Å². The van der Waals surface area contributed by atoms with Gasteiger partial charge >= 0.3 is 0 Å². The van der Waals surface area contributed by atoms with Gasteiger partial charge < -0.3 is 9.47 Å². The van der Waals surface area contributed by atoms with E-state index in [1.54, 1.807) is 20.4 Å². The molecule has 0 atom stereocenters. The van der Waals surface area contributed by atoms with Crippen molar-refractivity contribution in [3.05, 3.63) is 42.2 Å². The van der Waals surface area contributed by atoms with Gasteiger partial charge in [0.1, 0.15) is 11.5 Å². The average molecular weight is 281 g/mol. The molecule has 0 aliphatic carbocycles. The van der Waals surface area contributed by atoms with E-state index >= 15 is 0 Å². The Morgan fingerprint density at radius 2 is 1.62 bits per heavy atom. The SMILES string of the molecule is COc1cc(OC)cc(-c2ncc3ccc(C)nc3n2)c1. The van der Waals surface area contributed by atoms with Gasteiger partial charge in [-0.25, -0.2) is 15.0 Å². The molecule has 0 radical (unpaired) electrons. The molecule has 21 heavy (non-hydrogen) atoms. The maximum Gasteiger partial charge on any atom is 0.163 e. The second-order valence-corrected chi connectivity index (χ2v) is 4.66. The Balaban J connectivity index is 2.15. The fourth-order valence-electron chi connectivity index (χ4n) is 2.08. The number of fused-ring (bicyclic) bond motifs is 1. The van der Waals surface area contributed by atoms with Gasteiger partial charge in [-0.2, -0.15) is 0 Å². The van der Waals surface area contributed by atoms with E-state index in [9.17, 15) is 0 Å². The Morgan fingerprint density at radius 3 is 2.29 bits per heavy atom. The summed E-state index contributed by atoms with van der Waals surface area (Å²) < 4.78 is 10.5. The first-order valence-corrected chi connectivity index (χ1v) is 6.53. The van der Waals surface area contributed by atoms with Crippen molar-refractivity contribution in [3.8, 4) is 22.9 Å². The first kappa shape index (κ1) is 13.3. The number of benzene rings is 1. The van der Waals surface area contributed by atoms with Crippen molar-refractivity contribution in [2.24, 2.45) is 0 Å². The van der Waals surface area contributed by atoms with Gasteiger partial charge in [0.05, 0.1) is 14.2 Å². The van der Waals surface area contributed by atoms with E-state index in [-0.39, 0.29) is 0 Å². The van der Waals surface area contributed by atoms with Crippen LogP contribution in [0.15, 0.2) is 36.5 Å². The molecule has 0 aliphatic rings. The Labute approximate surface area is 122 Å². The minimum Gasteiger partial charge on any atom is -0.497 e. The summed E-state index contributed by atoms with van der Waals surface area (Å²) >= 11 is 0. The molecule has 0 saturated heterocycles. The zero-order valence-corrected chi connectivity index (χ0v) is 12.1. The van der Waals surface area contributed by atoms with Gasteiger partial charge in [0, 0.05) is 28.9 Å². The van der Waals surface area contributed by atoms with Gasteiger partial charge in [0.15, 0.2) is 11.5 Å². The first-order valence-electron chi connectivity index (χ1n) is 6.53. The lowest BCUT2D eigenvalue weighted by molar-refractivity contribution is 0.394. The molecule has 0 aliphatic heterocycles. The maximum atomic E-state index is 5.27. The normalized spacial score (nSPS) is 10.6. The summed E-state index contributed by atoms with van der Waals surface area (Å²) in [5.41, 5.74) is 2.44. The summed E-state index contributed by atoms with van der Waals surface area (Å²) in [4.78, 5) is 13.4. The number of aromatic nitrogens is 3. The molecule has 3 aromatic rings. The molecule has 5 heteroatoms. The highest BCUT2D eigenvalue weighted by atomic mass is 16.5. The van der Waals surface area contributed by atoms with Crippen LogP contribution in [0.3, 0.4) is 0 Å². The Bertz CT molecular complexity index is 780.